The Kier molecular flexibility index (Phi) is 2.59. The summed E-state index contributed by atoms with van der Waals surface area (Å²) in [5.41, 5.74) is 2.85. The maximum Gasteiger partial charge on any atom is 0.146 e. The van der Waals surface area contributed by atoms with Crippen LogP contribution in [-0.4, -0.2) is 4.98 Å². The summed E-state index contributed by atoms with van der Waals surface area (Å²) in [6.07, 6.45) is 9.09. The number of aromatic nitrogens is 1. The van der Waals surface area contributed by atoms with E-state index in [0.29, 0.717) is 17.5 Å². The topological polar surface area (TPSA) is 24.9 Å². The summed E-state index contributed by atoms with van der Waals surface area (Å²) < 4.78 is 14.1. The van der Waals surface area contributed by atoms with E-state index in [1.165, 1.54) is 6.07 Å². The van der Waals surface area contributed by atoms with Gasteiger partial charge in [0, 0.05) is 18.3 Å². The van der Waals surface area contributed by atoms with Crippen molar-refractivity contribution in [1.29, 1.82) is 0 Å². The van der Waals surface area contributed by atoms with Crippen LogP contribution >= 0.6 is 0 Å². The van der Waals surface area contributed by atoms with E-state index in [1.807, 2.05) is 18.3 Å². The van der Waals surface area contributed by atoms with Crippen molar-refractivity contribution >= 4 is 5.69 Å². The third-order valence-electron chi connectivity index (χ3n) is 4.39. The number of halogens is 1. The van der Waals surface area contributed by atoms with E-state index in [0.717, 1.165) is 17.5 Å². The molecule has 0 bridgehead atoms. The van der Waals surface area contributed by atoms with Crippen molar-refractivity contribution in [3.8, 4) is 0 Å². The molecular formula is C17H15FN2. The summed E-state index contributed by atoms with van der Waals surface area (Å²) in [7, 11) is 0. The number of rotatable bonds is 1. The number of para-hydroxylation sites is 1. The van der Waals surface area contributed by atoms with E-state index in [1.54, 1.807) is 12.3 Å². The molecule has 2 heterocycles. The average Bonchev–Trinajstić information content (AvgIpc) is 2.97. The van der Waals surface area contributed by atoms with Crippen molar-refractivity contribution in [2.24, 2.45) is 5.92 Å². The highest BCUT2D eigenvalue weighted by atomic mass is 19.1. The van der Waals surface area contributed by atoms with Gasteiger partial charge in [0.05, 0.1) is 11.7 Å². The van der Waals surface area contributed by atoms with Gasteiger partial charge in [-0.1, -0.05) is 30.4 Å². The van der Waals surface area contributed by atoms with Gasteiger partial charge in [-0.15, -0.1) is 0 Å². The van der Waals surface area contributed by atoms with Crippen LogP contribution in [0.15, 0.2) is 54.9 Å². The normalized spacial score (nSPS) is 26.8. The van der Waals surface area contributed by atoms with Gasteiger partial charge < -0.3 is 5.32 Å². The lowest BCUT2D eigenvalue weighted by Crippen LogP contribution is -2.29. The number of nitrogens with zero attached hydrogens (tertiary/aromatic N) is 1. The number of anilines is 1. The Morgan fingerprint density at radius 1 is 1.20 bits per heavy atom. The first-order valence-electron chi connectivity index (χ1n) is 6.96. The van der Waals surface area contributed by atoms with Crippen LogP contribution < -0.4 is 5.32 Å². The minimum Gasteiger partial charge on any atom is -0.375 e. The van der Waals surface area contributed by atoms with E-state index in [9.17, 15) is 4.39 Å². The summed E-state index contributed by atoms with van der Waals surface area (Å²) >= 11 is 0. The van der Waals surface area contributed by atoms with E-state index in [4.69, 9.17) is 0 Å². The maximum atomic E-state index is 14.1. The Balaban J connectivity index is 1.83. The molecule has 0 amide bonds. The standard InChI is InChI=1S/C17H15FN2/c18-15-8-2-7-14-12-5-1-6-13(12)16(20-17(14)15)11-4-3-9-19-10-11/h1-5,7-10,12-13,16,20H,6H2. The minimum atomic E-state index is -0.171. The molecule has 2 nitrogen and oxygen atoms in total. The number of nitrogens with one attached hydrogen (secondary N) is 1. The third-order valence-corrected chi connectivity index (χ3v) is 4.39. The first-order valence-corrected chi connectivity index (χ1v) is 6.96. The molecule has 3 heteroatoms. The molecule has 1 N–H and O–H groups in total. The van der Waals surface area contributed by atoms with Crippen molar-refractivity contribution in [2.75, 3.05) is 5.32 Å². The second kappa shape index (κ2) is 4.44. The molecular weight excluding hydrogens is 251 g/mol. The summed E-state index contributed by atoms with van der Waals surface area (Å²) in [4.78, 5) is 4.20. The van der Waals surface area contributed by atoms with Gasteiger partial charge in [0.2, 0.25) is 0 Å². The number of allylic oxidation sites excluding steroid dienone is 2. The van der Waals surface area contributed by atoms with Gasteiger partial charge in [-0.2, -0.15) is 0 Å². The van der Waals surface area contributed by atoms with E-state index in [2.05, 4.69) is 28.5 Å². The molecule has 0 spiro atoms. The predicted molar refractivity (Wildman–Crippen MR) is 77.0 cm³/mol. The van der Waals surface area contributed by atoms with E-state index in [-0.39, 0.29) is 11.9 Å². The lowest BCUT2D eigenvalue weighted by atomic mass is 9.77. The highest BCUT2D eigenvalue weighted by molar-refractivity contribution is 5.60. The molecule has 1 aromatic carbocycles. The molecule has 0 saturated heterocycles. The molecule has 20 heavy (non-hydrogen) atoms. The number of fused-ring (bicyclic) bond motifs is 3. The fourth-order valence-electron chi connectivity index (χ4n) is 3.47. The second-order valence-corrected chi connectivity index (χ2v) is 5.47. The van der Waals surface area contributed by atoms with Crippen LogP contribution in [0.5, 0.6) is 0 Å². The fourth-order valence-corrected chi connectivity index (χ4v) is 3.47. The minimum absolute atomic E-state index is 0.119. The molecule has 0 fully saturated rings. The zero-order valence-corrected chi connectivity index (χ0v) is 11.0. The highest BCUT2D eigenvalue weighted by Crippen LogP contribution is 2.50. The molecule has 2 aromatic rings. The van der Waals surface area contributed by atoms with Gasteiger partial charge in [-0.25, -0.2) is 4.39 Å². The Morgan fingerprint density at radius 3 is 3.00 bits per heavy atom. The molecule has 3 atom stereocenters. The molecule has 100 valence electrons. The molecule has 2 aliphatic rings. The highest BCUT2D eigenvalue weighted by Gasteiger charge is 2.38. The Bertz CT molecular complexity index is 666. The van der Waals surface area contributed by atoms with Crippen LogP contribution in [0.3, 0.4) is 0 Å². The number of hydrogen-bond donors (Lipinski definition) is 1. The largest absolute Gasteiger partial charge is 0.375 e. The summed E-state index contributed by atoms with van der Waals surface area (Å²) in [5, 5.41) is 3.40. The van der Waals surface area contributed by atoms with Crippen molar-refractivity contribution in [1.82, 2.24) is 4.98 Å². The summed E-state index contributed by atoms with van der Waals surface area (Å²) in [6.45, 7) is 0. The smallest absolute Gasteiger partial charge is 0.146 e. The molecule has 4 rings (SSSR count). The van der Waals surface area contributed by atoms with Crippen LogP contribution in [0.1, 0.15) is 29.5 Å². The third kappa shape index (κ3) is 1.66. The van der Waals surface area contributed by atoms with Gasteiger partial charge in [-0.3, -0.25) is 4.98 Å². The van der Waals surface area contributed by atoms with Crippen LogP contribution in [0.25, 0.3) is 0 Å². The fraction of sp³-hybridized carbons (Fsp3) is 0.235. The number of benzene rings is 1. The van der Waals surface area contributed by atoms with Crippen molar-refractivity contribution < 1.29 is 4.39 Å². The molecule has 3 unspecified atom stereocenters. The van der Waals surface area contributed by atoms with Gasteiger partial charge in [-0.05, 0) is 35.6 Å². The van der Waals surface area contributed by atoms with Gasteiger partial charge in [0.1, 0.15) is 5.82 Å². The molecule has 1 aliphatic heterocycles. The van der Waals surface area contributed by atoms with E-state index >= 15 is 0 Å². The molecule has 0 radical (unpaired) electrons. The first kappa shape index (κ1) is 11.6. The summed E-state index contributed by atoms with van der Waals surface area (Å²) in [6, 6.07) is 9.46. The van der Waals surface area contributed by atoms with Crippen LogP contribution in [0.2, 0.25) is 0 Å². The zero-order chi connectivity index (χ0) is 13.5. The Morgan fingerprint density at radius 2 is 2.15 bits per heavy atom. The quantitative estimate of drug-likeness (QED) is 0.788. The van der Waals surface area contributed by atoms with Crippen LogP contribution in [-0.2, 0) is 0 Å². The monoisotopic (exact) mass is 266 g/mol. The molecule has 0 saturated carbocycles. The van der Waals surface area contributed by atoms with Crippen molar-refractivity contribution in [2.45, 2.75) is 18.4 Å². The van der Waals surface area contributed by atoms with Gasteiger partial charge >= 0.3 is 0 Å². The predicted octanol–water partition coefficient (Wildman–Crippen LogP) is 4.05. The zero-order valence-electron chi connectivity index (χ0n) is 11.0. The SMILES string of the molecule is Fc1cccc2c1NC(c1cccnc1)C1CC=CC21. The molecule has 1 aromatic heterocycles. The van der Waals surface area contributed by atoms with E-state index < -0.39 is 0 Å². The average molecular weight is 266 g/mol. The maximum absolute atomic E-state index is 14.1. The number of hydrogen-bond acceptors (Lipinski definition) is 2. The second-order valence-electron chi connectivity index (χ2n) is 5.47. The van der Waals surface area contributed by atoms with Gasteiger partial charge in [0.15, 0.2) is 0 Å². The molecule has 1 aliphatic carbocycles. The lowest BCUT2D eigenvalue weighted by Gasteiger charge is -2.37. The summed E-state index contributed by atoms with van der Waals surface area (Å²) in [5.74, 6) is 0.566. The van der Waals surface area contributed by atoms with Crippen LogP contribution in [0, 0.1) is 11.7 Å². The van der Waals surface area contributed by atoms with Crippen LogP contribution in [0.4, 0.5) is 10.1 Å². The van der Waals surface area contributed by atoms with Crippen molar-refractivity contribution in [3.05, 3.63) is 71.8 Å². The Labute approximate surface area is 117 Å². The first-order chi connectivity index (χ1) is 9.84. The van der Waals surface area contributed by atoms with Gasteiger partial charge in [0.25, 0.3) is 0 Å². The lowest BCUT2D eigenvalue weighted by molar-refractivity contribution is 0.420. The Hall–Kier alpha value is -2.16. The van der Waals surface area contributed by atoms with Crippen molar-refractivity contribution in [3.63, 3.8) is 0 Å². The number of pyridine rings is 1.